The van der Waals surface area contributed by atoms with Crippen molar-refractivity contribution in [1.82, 2.24) is 19.6 Å². The fourth-order valence-corrected chi connectivity index (χ4v) is 5.44. The van der Waals surface area contributed by atoms with Crippen LogP contribution in [0.1, 0.15) is 37.6 Å². The van der Waals surface area contributed by atoms with Crippen molar-refractivity contribution in [2.75, 3.05) is 7.11 Å². The highest BCUT2D eigenvalue weighted by molar-refractivity contribution is 7.19. The van der Waals surface area contributed by atoms with E-state index in [1.165, 1.54) is 22.2 Å². The van der Waals surface area contributed by atoms with Crippen molar-refractivity contribution in [3.8, 4) is 17.1 Å². The predicted octanol–water partition coefficient (Wildman–Crippen LogP) is 5.17. The molecule has 1 aliphatic carbocycles. The SMILES string of the molecule is COc1ccc(-c2nc3c4c5c(sc4ncn3n2)C[C@H](C(C)(C)C)CC5)cc1. The van der Waals surface area contributed by atoms with E-state index < -0.39 is 0 Å². The molecule has 0 N–H and O–H groups in total. The van der Waals surface area contributed by atoms with Crippen molar-refractivity contribution in [2.24, 2.45) is 11.3 Å². The van der Waals surface area contributed by atoms with Gasteiger partial charge in [-0.15, -0.1) is 16.4 Å². The molecule has 0 saturated heterocycles. The van der Waals surface area contributed by atoms with Crippen LogP contribution in [0.2, 0.25) is 0 Å². The Morgan fingerprint density at radius 2 is 1.96 bits per heavy atom. The van der Waals surface area contributed by atoms with Crippen molar-refractivity contribution >= 4 is 27.2 Å². The minimum absolute atomic E-state index is 0.340. The second-order valence-corrected chi connectivity index (χ2v) is 9.75. The number of aryl methyl sites for hydroxylation is 1. The Kier molecular flexibility index (Phi) is 3.95. The second-order valence-electron chi connectivity index (χ2n) is 8.67. The lowest BCUT2D eigenvalue weighted by Crippen LogP contribution is -2.26. The number of rotatable bonds is 2. The van der Waals surface area contributed by atoms with Gasteiger partial charge in [0, 0.05) is 10.4 Å². The molecule has 5 nitrogen and oxygen atoms in total. The maximum atomic E-state index is 5.25. The molecule has 0 radical (unpaired) electrons. The second kappa shape index (κ2) is 6.27. The van der Waals surface area contributed by atoms with E-state index in [0.717, 1.165) is 46.4 Å². The van der Waals surface area contributed by atoms with Gasteiger partial charge in [0.1, 0.15) is 16.9 Å². The largest absolute Gasteiger partial charge is 0.497 e. The summed E-state index contributed by atoms with van der Waals surface area (Å²) in [5.41, 5.74) is 3.68. The van der Waals surface area contributed by atoms with Crippen LogP contribution in [-0.2, 0) is 12.8 Å². The first-order chi connectivity index (χ1) is 13.4. The van der Waals surface area contributed by atoms with Gasteiger partial charge in [-0.25, -0.2) is 14.5 Å². The molecule has 0 aliphatic heterocycles. The summed E-state index contributed by atoms with van der Waals surface area (Å²) in [6, 6.07) is 7.87. The van der Waals surface area contributed by atoms with Crippen LogP contribution in [0.25, 0.3) is 27.3 Å². The Morgan fingerprint density at radius 3 is 2.68 bits per heavy atom. The molecular weight excluding hydrogens is 368 g/mol. The van der Waals surface area contributed by atoms with Crippen molar-refractivity contribution < 1.29 is 4.74 Å². The minimum atomic E-state index is 0.340. The molecule has 3 aromatic heterocycles. The lowest BCUT2D eigenvalue weighted by atomic mass is 9.72. The lowest BCUT2D eigenvalue weighted by molar-refractivity contribution is 0.218. The first kappa shape index (κ1) is 17.6. The van der Waals surface area contributed by atoms with Crippen LogP contribution < -0.4 is 4.74 Å². The summed E-state index contributed by atoms with van der Waals surface area (Å²) in [4.78, 5) is 12.2. The summed E-state index contributed by atoms with van der Waals surface area (Å²) < 4.78 is 7.08. The van der Waals surface area contributed by atoms with E-state index in [0.29, 0.717) is 5.41 Å². The molecule has 0 saturated carbocycles. The number of hydrogen-bond donors (Lipinski definition) is 0. The summed E-state index contributed by atoms with van der Waals surface area (Å²) in [5.74, 6) is 2.27. The van der Waals surface area contributed by atoms with Gasteiger partial charge in [-0.05, 0) is 60.4 Å². The van der Waals surface area contributed by atoms with Gasteiger partial charge in [-0.3, -0.25) is 0 Å². The number of ether oxygens (including phenoxy) is 1. The van der Waals surface area contributed by atoms with Crippen LogP contribution in [0, 0.1) is 11.3 Å². The normalized spacial score (nSPS) is 17.2. The molecule has 3 heterocycles. The topological polar surface area (TPSA) is 52.3 Å². The van der Waals surface area contributed by atoms with Gasteiger partial charge in [0.05, 0.1) is 12.5 Å². The molecule has 1 atom stereocenters. The molecule has 28 heavy (non-hydrogen) atoms. The smallest absolute Gasteiger partial charge is 0.182 e. The number of aromatic nitrogens is 4. The monoisotopic (exact) mass is 392 g/mol. The first-order valence-electron chi connectivity index (χ1n) is 9.74. The molecule has 1 aliphatic rings. The number of fused-ring (bicyclic) bond motifs is 5. The van der Waals surface area contributed by atoms with Crippen molar-refractivity contribution in [3.05, 3.63) is 41.0 Å². The van der Waals surface area contributed by atoms with E-state index in [1.807, 2.05) is 40.1 Å². The van der Waals surface area contributed by atoms with Gasteiger partial charge in [-0.2, -0.15) is 0 Å². The van der Waals surface area contributed by atoms with Crippen LogP contribution in [0.4, 0.5) is 0 Å². The maximum absolute atomic E-state index is 5.25. The number of benzene rings is 1. The fourth-order valence-electron chi connectivity index (χ4n) is 4.18. The molecule has 5 rings (SSSR count). The van der Waals surface area contributed by atoms with Gasteiger partial charge in [0.15, 0.2) is 11.5 Å². The first-order valence-corrected chi connectivity index (χ1v) is 10.6. The third-order valence-corrected chi connectivity index (χ3v) is 7.12. The van der Waals surface area contributed by atoms with Gasteiger partial charge >= 0.3 is 0 Å². The molecule has 144 valence electrons. The number of thiophene rings is 1. The summed E-state index contributed by atoms with van der Waals surface area (Å²) in [5, 5.41) is 5.87. The van der Waals surface area contributed by atoms with Crippen molar-refractivity contribution in [1.29, 1.82) is 0 Å². The average Bonchev–Trinajstić information content (AvgIpc) is 3.27. The zero-order valence-electron chi connectivity index (χ0n) is 16.7. The van der Waals surface area contributed by atoms with E-state index in [-0.39, 0.29) is 0 Å². The third kappa shape index (κ3) is 2.78. The van der Waals surface area contributed by atoms with Crippen LogP contribution in [0.3, 0.4) is 0 Å². The highest BCUT2D eigenvalue weighted by Gasteiger charge is 2.31. The third-order valence-electron chi connectivity index (χ3n) is 5.96. The zero-order chi connectivity index (χ0) is 19.5. The number of nitrogens with zero attached hydrogens (tertiary/aromatic N) is 4. The van der Waals surface area contributed by atoms with Crippen molar-refractivity contribution in [2.45, 2.75) is 40.0 Å². The zero-order valence-corrected chi connectivity index (χ0v) is 17.5. The Morgan fingerprint density at radius 1 is 1.18 bits per heavy atom. The molecule has 0 unspecified atom stereocenters. The van der Waals surface area contributed by atoms with E-state index >= 15 is 0 Å². The van der Waals surface area contributed by atoms with Gasteiger partial charge < -0.3 is 4.74 Å². The van der Waals surface area contributed by atoms with E-state index in [4.69, 9.17) is 14.7 Å². The molecular formula is C22H24N4OS. The predicted molar refractivity (Wildman–Crippen MR) is 113 cm³/mol. The van der Waals surface area contributed by atoms with Crippen LogP contribution in [-0.4, -0.2) is 26.7 Å². The van der Waals surface area contributed by atoms with Crippen LogP contribution in [0.5, 0.6) is 5.75 Å². The minimum Gasteiger partial charge on any atom is -0.497 e. The quantitative estimate of drug-likeness (QED) is 0.472. The number of hydrogen-bond acceptors (Lipinski definition) is 5. The Balaban J connectivity index is 1.62. The summed E-state index contributed by atoms with van der Waals surface area (Å²) in [7, 11) is 1.67. The number of methoxy groups -OCH3 is 1. The maximum Gasteiger partial charge on any atom is 0.182 e. The van der Waals surface area contributed by atoms with Crippen molar-refractivity contribution in [3.63, 3.8) is 0 Å². The summed E-state index contributed by atoms with van der Waals surface area (Å²) >= 11 is 1.84. The molecule has 0 bridgehead atoms. The van der Waals surface area contributed by atoms with E-state index in [9.17, 15) is 0 Å². The van der Waals surface area contributed by atoms with E-state index in [1.54, 1.807) is 13.4 Å². The lowest BCUT2D eigenvalue weighted by Gasteiger charge is -2.33. The summed E-state index contributed by atoms with van der Waals surface area (Å²) in [6.07, 6.45) is 5.26. The molecule has 1 aromatic carbocycles. The van der Waals surface area contributed by atoms with Gasteiger partial charge in [0.2, 0.25) is 0 Å². The highest BCUT2D eigenvalue weighted by Crippen LogP contribution is 2.43. The summed E-state index contributed by atoms with van der Waals surface area (Å²) in [6.45, 7) is 7.06. The standard InChI is InChI=1S/C22H24N4OS/c1-22(2,3)14-7-10-16-17(11-14)28-21-18(16)20-24-19(25-26(20)12-23-21)13-5-8-15(27-4)9-6-13/h5-6,8-9,12,14H,7,10-11H2,1-4H3/t14-/m1/s1. The molecule has 0 amide bonds. The molecule has 0 spiro atoms. The van der Waals surface area contributed by atoms with Gasteiger partial charge in [-0.1, -0.05) is 20.8 Å². The fraction of sp³-hybridized carbons (Fsp3) is 0.409. The van der Waals surface area contributed by atoms with Crippen LogP contribution in [0.15, 0.2) is 30.6 Å². The Labute approximate surface area is 168 Å². The van der Waals surface area contributed by atoms with E-state index in [2.05, 4.69) is 25.9 Å². The average molecular weight is 393 g/mol. The molecule has 4 aromatic rings. The molecule has 6 heteroatoms. The Bertz CT molecular complexity index is 1170. The Hall–Kier alpha value is -2.47. The van der Waals surface area contributed by atoms with Crippen LogP contribution >= 0.6 is 11.3 Å². The van der Waals surface area contributed by atoms with Gasteiger partial charge in [0.25, 0.3) is 0 Å². The highest BCUT2D eigenvalue weighted by atomic mass is 32.1. The molecule has 0 fully saturated rings.